The van der Waals surface area contributed by atoms with E-state index in [0.717, 1.165) is 5.56 Å². The maximum atomic E-state index is 12.0. The highest BCUT2D eigenvalue weighted by Gasteiger charge is 2.33. The van der Waals surface area contributed by atoms with E-state index in [4.69, 9.17) is 14.2 Å². The molecule has 1 saturated heterocycles. The van der Waals surface area contributed by atoms with Crippen LogP contribution in [0, 0.1) is 0 Å². The average Bonchev–Trinajstić information content (AvgIpc) is 3.09. The van der Waals surface area contributed by atoms with E-state index in [1.54, 1.807) is 24.3 Å². The predicted octanol–water partition coefficient (Wildman–Crippen LogP) is 2.92. The number of benzene rings is 2. The van der Waals surface area contributed by atoms with Crippen molar-refractivity contribution in [3.63, 3.8) is 0 Å². The lowest BCUT2D eigenvalue weighted by molar-refractivity contribution is -0.145. The normalized spacial score (nSPS) is 19.8. The Hall–Kier alpha value is -2.50. The third kappa shape index (κ3) is 4.07. The summed E-state index contributed by atoms with van der Waals surface area (Å²) in [5, 5.41) is 0. The van der Waals surface area contributed by atoms with Crippen LogP contribution in [0.1, 0.15) is 28.4 Å². The SMILES string of the molecule is O=C(CC1OCOC1c1ccccc1)OCC(=O)c1ccccc1. The summed E-state index contributed by atoms with van der Waals surface area (Å²) in [6.45, 7) is -0.132. The highest BCUT2D eigenvalue weighted by Crippen LogP contribution is 2.30. The molecule has 124 valence electrons. The van der Waals surface area contributed by atoms with Crippen molar-refractivity contribution >= 4 is 11.8 Å². The van der Waals surface area contributed by atoms with Crippen LogP contribution in [-0.4, -0.2) is 31.3 Å². The lowest BCUT2D eigenvalue weighted by Gasteiger charge is -2.16. The summed E-state index contributed by atoms with van der Waals surface area (Å²) in [5.41, 5.74) is 1.47. The molecule has 1 heterocycles. The van der Waals surface area contributed by atoms with Gasteiger partial charge in [-0.1, -0.05) is 60.7 Å². The molecule has 0 N–H and O–H groups in total. The van der Waals surface area contributed by atoms with Crippen LogP contribution in [0.3, 0.4) is 0 Å². The summed E-state index contributed by atoms with van der Waals surface area (Å²) >= 11 is 0. The molecule has 1 aliphatic rings. The molecule has 2 aromatic rings. The minimum absolute atomic E-state index is 0.0433. The monoisotopic (exact) mass is 326 g/mol. The Labute approximate surface area is 140 Å². The smallest absolute Gasteiger partial charge is 0.308 e. The van der Waals surface area contributed by atoms with Gasteiger partial charge >= 0.3 is 5.97 Å². The maximum absolute atomic E-state index is 12.0. The van der Waals surface area contributed by atoms with Crippen LogP contribution in [-0.2, 0) is 19.0 Å². The summed E-state index contributed by atoms with van der Waals surface area (Å²) in [4.78, 5) is 23.9. The minimum Gasteiger partial charge on any atom is -0.457 e. The Bertz CT molecular complexity index is 683. The molecule has 2 aromatic carbocycles. The molecule has 2 unspecified atom stereocenters. The fraction of sp³-hybridized carbons (Fsp3) is 0.263. The van der Waals surface area contributed by atoms with Gasteiger partial charge in [0.25, 0.3) is 0 Å². The van der Waals surface area contributed by atoms with Gasteiger partial charge in [0, 0.05) is 5.56 Å². The molecule has 24 heavy (non-hydrogen) atoms. The number of hydrogen-bond donors (Lipinski definition) is 0. The van der Waals surface area contributed by atoms with Crippen molar-refractivity contribution < 1.29 is 23.8 Å². The Morgan fingerprint density at radius 1 is 0.958 bits per heavy atom. The van der Waals surface area contributed by atoms with Crippen LogP contribution in [0.4, 0.5) is 0 Å². The van der Waals surface area contributed by atoms with Gasteiger partial charge in [-0.3, -0.25) is 9.59 Å². The summed E-state index contributed by atoms with van der Waals surface area (Å²) in [6, 6.07) is 18.3. The molecule has 0 saturated carbocycles. The van der Waals surface area contributed by atoms with Crippen molar-refractivity contribution in [2.45, 2.75) is 18.6 Å². The Morgan fingerprint density at radius 3 is 2.33 bits per heavy atom. The van der Waals surface area contributed by atoms with Gasteiger partial charge in [0.05, 0.1) is 6.42 Å². The molecule has 3 rings (SSSR count). The summed E-state index contributed by atoms with van der Waals surface area (Å²) in [6.07, 6.45) is -0.669. The Balaban J connectivity index is 1.52. The second kappa shape index (κ2) is 7.86. The number of rotatable bonds is 6. The first-order valence-corrected chi connectivity index (χ1v) is 7.76. The first kappa shape index (κ1) is 16.4. The molecule has 5 nitrogen and oxygen atoms in total. The zero-order valence-corrected chi connectivity index (χ0v) is 13.1. The van der Waals surface area contributed by atoms with Gasteiger partial charge < -0.3 is 14.2 Å². The van der Waals surface area contributed by atoms with Crippen molar-refractivity contribution in [1.82, 2.24) is 0 Å². The van der Waals surface area contributed by atoms with Gasteiger partial charge in [0.2, 0.25) is 0 Å². The molecular weight excluding hydrogens is 308 g/mol. The predicted molar refractivity (Wildman–Crippen MR) is 86.4 cm³/mol. The van der Waals surface area contributed by atoms with Crippen LogP contribution < -0.4 is 0 Å². The van der Waals surface area contributed by atoms with E-state index >= 15 is 0 Å². The minimum atomic E-state index is -0.476. The molecule has 5 heteroatoms. The first-order valence-electron chi connectivity index (χ1n) is 7.76. The number of Topliss-reactive ketones (excluding diaryl/α,β-unsaturated/α-hetero) is 1. The Morgan fingerprint density at radius 2 is 1.62 bits per heavy atom. The van der Waals surface area contributed by atoms with Crippen LogP contribution in [0.15, 0.2) is 60.7 Å². The lowest BCUT2D eigenvalue weighted by Crippen LogP contribution is -2.22. The fourth-order valence-electron chi connectivity index (χ4n) is 2.59. The van der Waals surface area contributed by atoms with E-state index in [2.05, 4.69) is 0 Å². The van der Waals surface area contributed by atoms with E-state index < -0.39 is 12.1 Å². The van der Waals surface area contributed by atoms with Crippen LogP contribution in [0.25, 0.3) is 0 Å². The number of carbonyl (C=O) groups is 2. The van der Waals surface area contributed by atoms with Gasteiger partial charge in [0.1, 0.15) is 19.0 Å². The third-order valence-electron chi connectivity index (χ3n) is 3.82. The summed E-state index contributed by atoms with van der Waals surface area (Å²) < 4.78 is 16.1. The zero-order chi connectivity index (χ0) is 16.8. The molecular formula is C19H18O5. The molecule has 0 amide bonds. The third-order valence-corrected chi connectivity index (χ3v) is 3.82. The average molecular weight is 326 g/mol. The molecule has 2 atom stereocenters. The van der Waals surface area contributed by atoms with Crippen molar-refractivity contribution in [3.8, 4) is 0 Å². The van der Waals surface area contributed by atoms with Crippen molar-refractivity contribution in [3.05, 3.63) is 71.8 Å². The van der Waals surface area contributed by atoms with Crippen LogP contribution >= 0.6 is 0 Å². The fourth-order valence-corrected chi connectivity index (χ4v) is 2.59. The molecule has 0 radical (unpaired) electrons. The van der Waals surface area contributed by atoms with E-state index in [1.807, 2.05) is 36.4 Å². The molecule has 0 spiro atoms. The van der Waals surface area contributed by atoms with Crippen LogP contribution in [0.5, 0.6) is 0 Å². The van der Waals surface area contributed by atoms with Gasteiger partial charge in [0.15, 0.2) is 12.4 Å². The van der Waals surface area contributed by atoms with E-state index in [0.29, 0.717) is 5.56 Å². The second-order valence-electron chi connectivity index (χ2n) is 5.47. The van der Waals surface area contributed by atoms with Crippen molar-refractivity contribution in [2.75, 3.05) is 13.4 Å². The Kier molecular flexibility index (Phi) is 5.36. The maximum Gasteiger partial charge on any atom is 0.308 e. The van der Waals surface area contributed by atoms with Gasteiger partial charge in [-0.05, 0) is 5.56 Å². The van der Waals surface area contributed by atoms with E-state index in [-0.39, 0.29) is 31.7 Å². The summed E-state index contributed by atoms with van der Waals surface area (Å²) in [5.74, 6) is -0.706. The molecule has 1 fully saturated rings. The highest BCUT2D eigenvalue weighted by molar-refractivity contribution is 5.97. The highest BCUT2D eigenvalue weighted by atomic mass is 16.7. The molecule has 0 bridgehead atoms. The van der Waals surface area contributed by atoms with Crippen molar-refractivity contribution in [1.29, 1.82) is 0 Å². The zero-order valence-electron chi connectivity index (χ0n) is 13.1. The summed E-state index contributed by atoms with van der Waals surface area (Å²) in [7, 11) is 0. The molecule has 0 aromatic heterocycles. The largest absolute Gasteiger partial charge is 0.457 e. The number of hydrogen-bond acceptors (Lipinski definition) is 5. The standard InChI is InChI=1S/C19H18O5/c20-16(14-7-3-1-4-8-14)12-22-18(21)11-17-19(24-13-23-17)15-9-5-2-6-10-15/h1-10,17,19H,11-13H2. The quantitative estimate of drug-likeness (QED) is 0.603. The van der Waals surface area contributed by atoms with Gasteiger partial charge in [-0.2, -0.15) is 0 Å². The van der Waals surface area contributed by atoms with Gasteiger partial charge in [-0.25, -0.2) is 0 Å². The molecule has 1 aliphatic heterocycles. The number of esters is 1. The first-order chi connectivity index (χ1) is 11.7. The van der Waals surface area contributed by atoms with Gasteiger partial charge in [-0.15, -0.1) is 0 Å². The number of carbonyl (C=O) groups excluding carboxylic acids is 2. The second-order valence-corrected chi connectivity index (χ2v) is 5.47. The van der Waals surface area contributed by atoms with E-state index in [1.165, 1.54) is 0 Å². The molecule has 0 aliphatic carbocycles. The van der Waals surface area contributed by atoms with Crippen molar-refractivity contribution in [2.24, 2.45) is 0 Å². The number of ketones is 1. The number of ether oxygens (including phenoxy) is 3. The lowest BCUT2D eigenvalue weighted by atomic mass is 10.0. The van der Waals surface area contributed by atoms with Crippen LogP contribution in [0.2, 0.25) is 0 Å². The van der Waals surface area contributed by atoms with E-state index in [9.17, 15) is 9.59 Å². The topological polar surface area (TPSA) is 61.8 Å².